The number of hydrogen-bond acceptors (Lipinski definition) is 0. The maximum absolute atomic E-state index is 3.81. The first-order valence-electron chi connectivity index (χ1n) is 9.27. The van der Waals surface area contributed by atoms with Crippen LogP contribution >= 0.6 is 0 Å². The Balaban J connectivity index is 1.56. The van der Waals surface area contributed by atoms with Gasteiger partial charge in [0.2, 0.25) is 0 Å². The van der Waals surface area contributed by atoms with Crippen molar-refractivity contribution in [3.63, 3.8) is 0 Å². The minimum atomic E-state index is 1.07. The zero-order valence-electron chi connectivity index (χ0n) is 15.3. The highest BCUT2D eigenvalue weighted by molar-refractivity contribution is 5.48. The van der Waals surface area contributed by atoms with Crippen LogP contribution in [0.15, 0.2) is 86.0 Å². The zero-order chi connectivity index (χ0) is 18.2. The second-order valence-corrected chi connectivity index (χ2v) is 6.71. The minimum absolute atomic E-state index is 1.07. The maximum Gasteiger partial charge on any atom is -0.0238 e. The summed E-state index contributed by atoms with van der Waals surface area (Å²) in [4.78, 5) is 0. The fourth-order valence-corrected chi connectivity index (χ4v) is 3.16. The number of benzene rings is 3. The Morgan fingerprint density at radius 3 is 1.27 bits per heavy atom. The molecule has 0 fully saturated rings. The third-order valence-electron chi connectivity index (χ3n) is 4.83. The van der Waals surface area contributed by atoms with Crippen molar-refractivity contribution in [3.8, 4) is 0 Å². The van der Waals surface area contributed by atoms with Gasteiger partial charge in [-0.05, 0) is 59.1 Å². The van der Waals surface area contributed by atoms with Crippen molar-refractivity contribution in [2.75, 3.05) is 0 Å². The van der Waals surface area contributed by atoms with Crippen molar-refractivity contribution >= 4 is 12.2 Å². The van der Waals surface area contributed by atoms with E-state index in [-0.39, 0.29) is 0 Å². The molecule has 0 aliphatic rings. The van der Waals surface area contributed by atoms with Gasteiger partial charge in [0.05, 0.1) is 0 Å². The summed E-state index contributed by atoms with van der Waals surface area (Å²) in [6.07, 6.45) is 8.08. The third kappa shape index (κ3) is 5.07. The normalized spacial score (nSPS) is 10.5. The highest BCUT2D eigenvalue weighted by Gasteiger charge is 2.00. The van der Waals surface area contributed by atoms with Crippen molar-refractivity contribution < 1.29 is 0 Å². The predicted molar refractivity (Wildman–Crippen MR) is 114 cm³/mol. The number of aryl methyl sites for hydroxylation is 4. The Hall–Kier alpha value is -2.86. The van der Waals surface area contributed by atoms with E-state index < -0.39 is 0 Å². The first kappa shape index (κ1) is 17.9. The highest BCUT2D eigenvalue weighted by atomic mass is 14.1. The molecule has 0 unspecified atom stereocenters. The molecule has 0 amide bonds. The van der Waals surface area contributed by atoms with Crippen LogP contribution in [0.2, 0.25) is 0 Å². The molecule has 0 nitrogen and oxygen atoms in total. The first-order chi connectivity index (χ1) is 12.8. The van der Waals surface area contributed by atoms with Crippen LogP contribution in [0.5, 0.6) is 0 Å². The summed E-state index contributed by atoms with van der Waals surface area (Å²) >= 11 is 0. The molecule has 0 spiro atoms. The lowest BCUT2D eigenvalue weighted by molar-refractivity contribution is 0.930. The molecule has 0 heterocycles. The molecular formula is C26H26. The summed E-state index contributed by atoms with van der Waals surface area (Å²) < 4.78 is 0. The van der Waals surface area contributed by atoms with E-state index in [9.17, 15) is 0 Å². The van der Waals surface area contributed by atoms with Gasteiger partial charge < -0.3 is 0 Å². The monoisotopic (exact) mass is 338 g/mol. The van der Waals surface area contributed by atoms with Crippen LogP contribution in [0.1, 0.15) is 33.4 Å². The molecule has 0 radical (unpaired) electrons. The Labute approximate surface area is 157 Å². The van der Waals surface area contributed by atoms with Crippen molar-refractivity contribution in [2.24, 2.45) is 0 Å². The van der Waals surface area contributed by atoms with Gasteiger partial charge in [0.15, 0.2) is 0 Å². The van der Waals surface area contributed by atoms with Gasteiger partial charge in [0.25, 0.3) is 0 Å². The van der Waals surface area contributed by atoms with Gasteiger partial charge in [-0.3, -0.25) is 0 Å². The quantitative estimate of drug-likeness (QED) is 0.437. The Morgan fingerprint density at radius 2 is 0.885 bits per heavy atom. The molecule has 3 aromatic carbocycles. The van der Waals surface area contributed by atoms with Crippen molar-refractivity contribution in [1.29, 1.82) is 0 Å². The Bertz CT molecular complexity index is 781. The lowest BCUT2D eigenvalue weighted by Gasteiger charge is -2.07. The maximum atomic E-state index is 3.81. The molecule has 0 aliphatic carbocycles. The lowest BCUT2D eigenvalue weighted by atomic mass is 9.98. The summed E-state index contributed by atoms with van der Waals surface area (Å²) in [7, 11) is 0. The summed E-state index contributed by atoms with van der Waals surface area (Å²) in [5, 5.41) is 0. The smallest absolute Gasteiger partial charge is 0.0238 e. The van der Waals surface area contributed by atoms with Crippen LogP contribution in [0.4, 0.5) is 0 Å². The molecule has 130 valence electrons. The van der Waals surface area contributed by atoms with Gasteiger partial charge in [-0.15, -0.1) is 0 Å². The fraction of sp³-hybridized carbons (Fsp3) is 0.154. The van der Waals surface area contributed by atoms with Crippen LogP contribution in [0, 0.1) is 0 Å². The zero-order valence-corrected chi connectivity index (χ0v) is 15.3. The van der Waals surface area contributed by atoms with Gasteiger partial charge in [0.1, 0.15) is 0 Å². The Morgan fingerprint density at radius 1 is 0.500 bits per heavy atom. The average molecular weight is 338 g/mol. The van der Waals surface area contributed by atoms with E-state index in [1.807, 2.05) is 12.2 Å². The molecule has 0 heteroatoms. The Kier molecular flexibility index (Phi) is 6.22. The summed E-state index contributed by atoms with van der Waals surface area (Å²) in [6, 6.07) is 26.4. The van der Waals surface area contributed by atoms with E-state index in [4.69, 9.17) is 0 Å². The molecule has 0 saturated carbocycles. The van der Waals surface area contributed by atoms with Gasteiger partial charge in [-0.1, -0.05) is 98.1 Å². The summed E-state index contributed by atoms with van der Waals surface area (Å²) in [5.41, 5.74) is 7.94. The van der Waals surface area contributed by atoms with Gasteiger partial charge >= 0.3 is 0 Å². The van der Waals surface area contributed by atoms with Crippen LogP contribution in [-0.4, -0.2) is 0 Å². The van der Waals surface area contributed by atoms with Crippen molar-refractivity contribution in [3.05, 3.63) is 119 Å². The van der Waals surface area contributed by atoms with Crippen LogP contribution in [-0.2, 0) is 25.7 Å². The molecule has 26 heavy (non-hydrogen) atoms. The SMILES string of the molecule is C=Cc1ccc(CCc2cccc(CCc3ccc(C=C)cc3)c2)cc1. The number of rotatable bonds is 8. The van der Waals surface area contributed by atoms with Crippen LogP contribution in [0.25, 0.3) is 12.2 Å². The molecule has 0 bridgehead atoms. The minimum Gasteiger partial charge on any atom is -0.0985 e. The van der Waals surface area contributed by atoms with Gasteiger partial charge in [0, 0.05) is 0 Å². The van der Waals surface area contributed by atoms with E-state index in [1.54, 1.807) is 0 Å². The van der Waals surface area contributed by atoms with E-state index >= 15 is 0 Å². The second kappa shape index (κ2) is 9.01. The standard InChI is InChI=1S/C26H26/c1-3-21-8-12-23(13-9-21)16-18-25-6-5-7-26(20-25)19-17-24-14-10-22(4-2)11-15-24/h3-15,20H,1-2,16-19H2. The molecule has 0 saturated heterocycles. The lowest BCUT2D eigenvalue weighted by Crippen LogP contribution is -1.95. The van der Waals surface area contributed by atoms with Gasteiger partial charge in [-0.2, -0.15) is 0 Å². The van der Waals surface area contributed by atoms with Crippen LogP contribution in [0.3, 0.4) is 0 Å². The molecule has 0 aromatic heterocycles. The van der Waals surface area contributed by atoms with Crippen molar-refractivity contribution in [1.82, 2.24) is 0 Å². The van der Waals surface area contributed by atoms with E-state index in [2.05, 4.69) is 86.0 Å². The number of hydrogen-bond donors (Lipinski definition) is 0. The summed E-state index contributed by atoms with van der Waals surface area (Å²) in [6.45, 7) is 7.61. The molecular weight excluding hydrogens is 312 g/mol. The van der Waals surface area contributed by atoms with E-state index in [0.717, 1.165) is 25.7 Å². The summed E-state index contributed by atoms with van der Waals surface area (Å²) in [5.74, 6) is 0. The third-order valence-corrected chi connectivity index (χ3v) is 4.83. The largest absolute Gasteiger partial charge is 0.0985 e. The van der Waals surface area contributed by atoms with E-state index in [0.29, 0.717) is 0 Å². The molecule has 0 atom stereocenters. The molecule has 3 aromatic rings. The fourth-order valence-electron chi connectivity index (χ4n) is 3.16. The molecule has 0 N–H and O–H groups in total. The van der Waals surface area contributed by atoms with Crippen LogP contribution < -0.4 is 0 Å². The highest BCUT2D eigenvalue weighted by Crippen LogP contribution is 2.14. The first-order valence-corrected chi connectivity index (χ1v) is 9.27. The van der Waals surface area contributed by atoms with Gasteiger partial charge in [-0.25, -0.2) is 0 Å². The topological polar surface area (TPSA) is 0 Å². The average Bonchev–Trinajstić information content (AvgIpc) is 2.72. The van der Waals surface area contributed by atoms with E-state index in [1.165, 1.54) is 33.4 Å². The molecule has 3 rings (SSSR count). The van der Waals surface area contributed by atoms with Crippen molar-refractivity contribution in [2.45, 2.75) is 25.7 Å². The molecule has 0 aliphatic heterocycles. The second-order valence-electron chi connectivity index (χ2n) is 6.71. The predicted octanol–water partition coefficient (Wildman–Crippen LogP) is 6.54.